The van der Waals surface area contributed by atoms with E-state index in [1.165, 1.54) is 24.1 Å². The number of nitrogens with zero attached hydrogens (tertiary/aromatic N) is 6. The van der Waals surface area contributed by atoms with Gasteiger partial charge in [0.2, 0.25) is 17.7 Å². The highest BCUT2D eigenvalue weighted by Crippen LogP contribution is 2.31. The first-order valence-electron chi connectivity index (χ1n) is 9.67. The second kappa shape index (κ2) is 7.80. The molecule has 4 rings (SSSR count). The lowest BCUT2D eigenvalue weighted by molar-refractivity contribution is -0.148. The topological polar surface area (TPSA) is 87.4 Å². The molecule has 2 aromatic heterocycles. The van der Waals surface area contributed by atoms with E-state index >= 15 is 0 Å². The maximum atomic E-state index is 13.5. The van der Waals surface area contributed by atoms with Crippen LogP contribution in [-0.4, -0.2) is 67.7 Å². The van der Waals surface area contributed by atoms with Crippen molar-refractivity contribution in [1.29, 1.82) is 0 Å². The molecule has 1 amide bonds. The number of rotatable bonds is 5. The lowest BCUT2D eigenvalue weighted by Crippen LogP contribution is -2.46. The van der Waals surface area contributed by atoms with Crippen LogP contribution >= 0.6 is 0 Å². The largest absolute Gasteiger partial charge is 0.449 e. The number of fused-ring (bicyclic) bond motifs is 1. The predicted octanol–water partition coefficient (Wildman–Crippen LogP) is 1.94. The van der Waals surface area contributed by atoms with Gasteiger partial charge in [-0.3, -0.25) is 4.79 Å². The number of carbonyl (C=O) groups excluding carboxylic acids is 1. The van der Waals surface area contributed by atoms with Crippen molar-refractivity contribution >= 4 is 22.9 Å². The van der Waals surface area contributed by atoms with E-state index in [1.807, 2.05) is 4.90 Å². The number of hydrogen-bond acceptors (Lipinski definition) is 6. The Morgan fingerprint density at radius 2 is 1.94 bits per heavy atom. The van der Waals surface area contributed by atoms with Crippen LogP contribution in [0.4, 0.5) is 19.1 Å². The summed E-state index contributed by atoms with van der Waals surface area (Å²) < 4.78 is 41.3. The molecule has 1 saturated heterocycles. The monoisotopic (exact) mass is 434 g/mol. The molecule has 1 fully saturated rings. The molecule has 164 valence electrons. The minimum absolute atomic E-state index is 0.0247. The first-order valence-corrected chi connectivity index (χ1v) is 9.67. The number of likely N-dealkylation sites (N-methyl/N-ethyl adjacent to an activating group) is 1. The Balaban J connectivity index is 1.49. The molecule has 11 heteroatoms. The van der Waals surface area contributed by atoms with E-state index in [0.29, 0.717) is 18.9 Å². The van der Waals surface area contributed by atoms with Crippen LogP contribution in [0.2, 0.25) is 0 Å². The summed E-state index contributed by atoms with van der Waals surface area (Å²) in [5.41, 5.74) is -0.824. The SMILES string of the molecule is CN(CC1(O)CCN(c2ncccn2)C1)C(=O)Cn1c(C(F)(F)F)nc2ccccc21. The molecule has 8 nitrogen and oxygen atoms in total. The van der Waals surface area contributed by atoms with Gasteiger partial charge in [0.1, 0.15) is 12.1 Å². The van der Waals surface area contributed by atoms with E-state index in [9.17, 15) is 23.1 Å². The summed E-state index contributed by atoms with van der Waals surface area (Å²) in [6.45, 7) is 0.167. The van der Waals surface area contributed by atoms with Crippen LogP contribution in [0.25, 0.3) is 11.0 Å². The van der Waals surface area contributed by atoms with Gasteiger partial charge in [-0.15, -0.1) is 0 Å². The molecule has 1 aromatic carbocycles. The van der Waals surface area contributed by atoms with Gasteiger partial charge in [0, 0.05) is 26.0 Å². The van der Waals surface area contributed by atoms with E-state index in [0.717, 1.165) is 4.57 Å². The average molecular weight is 434 g/mol. The van der Waals surface area contributed by atoms with E-state index in [1.54, 1.807) is 30.6 Å². The molecular formula is C20H21F3N6O2. The van der Waals surface area contributed by atoms with Crippen LogP contribution < -0.4 is 4.90 Å². The number of hydrogen-bond donors (Lipinski definition) is 1. The molecule has 0 saturated carbocycles. The lowest BCUT2D eigenvalue weighted by Gasteiger charge is -2.29. The molecule has 1 atom stereocenters. The van der Waals surface area contributed by atoms with Crippen molar-refractivity contribution < 1.29 is 23.1 Å². The van der Waals surface area contributed by atoms with Crippen LogP contribution in [-0.2, 0) is 17.5 Å². The molecule has 1 aliphatic rings. The zero-order valence-electron chi connectivity index (χ0n) is 16.7. The second-order valence-electron chi connectivity index (χ2n) is 7.70. The van der Waals surface area contributed by atoms with Gasteiger partial charge in [-0.05, 0) is 24.6 Å². The molecule has 31 heavy (non-hydrogen) atoms. The molecule has 0 bridgehead atoms. The average Bonchev–Trinajstić information content (AvgIpc) is 3.30. The molecule has 1 N–H and O–H groups in total. The number of aliphatic hydroxyl groups is 1. The molecule has 0 radical (unpaired) electrons. The highest BCUT2D eigenvalue weighted by atomic mass is 19.4. The fourth-order valence-corrected chi connectivity index (χ4v) is 3.85. The minimum Gasteiger partial charge on any atom is -0.386 e. The normalized spacial score (nSPS) is 19.2. The van der Waals surface area contributed by atoms with Gasteiger partial charge in [0.25, 0.3) is 0 Å². The summed E-state index contributed by atoms with van der Waals surface area (Å²) in [6.07, 6.45) is -1.12. The van der Waals surface area contributed by atoms with Crippen LogP contribution in [0.5, 0.6) is 0 Å². The summed E-state index contributed by atoms with van der Waals surface area (Å²) in [7, 11) is 1.47. The quantitative estimate of drug-likeness (QED) is 0.661. The Labute approximate surface area is 175 Å². The molecule has 1 unspecified atom stereocenters. The number of anilines is 1. The summed E-state index contributed by atoms with van der Waals surface area (Å²) in [5.74, 6) is -1.20. The predicted molar refractivity (Wildman–Crippen MR) is 106 cm³/mol. The van der Waals surface area contributed by atoms with Gasteiger partial charge < -0.3 is 19.5 Å². The third kappa shape index (κ3) is 4.31. The summed E-state index contributed by atoms with van der Waals surface area (Å²) in [6, 6.07) is 7.83. The second-order valence-corrected chi connectivity index (χ2v) is 7.70. The molecule has 0 aliphatic carbocycles. The van der Waals surface area contributed by atoms with Crippen molar-refractivity contribution in [3.63, 3.8) is 0 Å². The van der Waals surface area contributed by atoms with Crippen LogP contribution in [0.1, 0.15) is 12.2 Å². The third-order valence-electron chi connectivity index (χ3n) is 5.33. The Kier molecular flexibility index (Phi) is 5.29. The number of carbonyl (C=O) groups is 1. The standard InChI is InChI=1S/C20H21F3N6O2/c1-27(12-19(31)7-10-28(13-19)18-24-8-4-9-25-18)16(30)11-29-15-6-3-2-5-14(15)26-17(29)20(21,22)23/h2-6,8-9,31H,7,10-13H2,1H3. The van der Waals surface area contributed by atoms with E-state index in [4.69, 9.17) is 0 Å². The van der Waals surface area contributed by atoms with Gasteiger partial charge in [0.15, 0.2) is 0 Å². The zero-order valence-corrected chi connectivity index (χ0v) is 16.7. The highest BCUT2D eigenvalue weighted by molar-refractivity contribution is 5.81. The minimum atomic E-state index is -4.70. The molecule has 0 spiro atoms. The van der Waals surface area contributed by atoms with Gasteiger partial charge in [0.05, 0.1) is 24.1 Å². The summed E-state index contributed by atoms with van der Waals surface area (Å²) in [4.78, 5) is 27.8. The maximum Gasteiger partial charge on any atom is 0.449 e. The first kappa shape index (κ1) is 21.0. The van der Waals surface area contributed by atoms with Crippen molar-refractivity contribution in [2.45, 2.75) is 24.7 Å². The zero-order chi connectivity index (χ0) is 22.2. The number of aromatic nitrogens is 4. The van der Waals surface area contributed by atoms with Gasteiger partial charge in [-0.2, -0.15) is 13.2 Å². The fourth-order valence-electron chi connectivity index (χ4n) is 3.85. The smallest absolute Gasteiger partial charge is 0.386 e. The lowest BCUT2D eigenvalue weighted by atomic mass is 10.0. The molecular weight excluding hydrogens is 413 g/mol. The Morgan fingerprint density at radius 1 is 1.23 bits per heavy atom. The van der Waals surface area contributed by atoms with Crippen molar-refractivity contribution in [3.05, 3.63) is 48.5 Å². The highest BCUT2D eigenvalue weighted by Gasteiger charge is 2.40. The molecule has 1 aliphatic heterocycles. The Morgan fingerprint density at radius 3 is 2.65 bits per heavy atom. The number of halogens is 3. The first-order chi connectivity index (χ1) is 14.7. The van der Waals surface area contributed by atoms with Crippen molar-refractivity contribution in [1.82, 2.24) is 24.4 Å². The van der Waals surface area contributed by atoms with Crippen molar-refractivity contribution in [2.75, 3.05) is 31.6 Å². The third-order valence-corrected chi connectivity index (χ3v) is 5.33. The number of alkyl halides is 3. The number of β-amino-alcohol motifs (C(OH)–C–C–N with tert-alkyl or cyclic N) is 1. The number of amides is 1. The number of benzene rings is 1. The van der Waals surface area contributed by atoms with Gasteiger partial charge >= 0.3 is 6.18 Å². The fraction of sp³-hybridized carbons (Fsp3) is 0.400. The number of para-hydroxylation sites is 2. The Bertz CT molecular complexity index is 1090. The van der Waals surface area contributed by atoms with Crippen LogP contribution in [0.15, 0.2) is 42.7 Å². The van der Waals surface area contributed by atoms with Crippen LogP contribution in [0.3, 0.4) is 0 Å². The number of imidazole rings is 1. The summed E-state index contributed by atoms with van der Waals surface area (Å²) in [5, 5.41) is 10.9. The summed E-state index contributed by atoms with van der Waals surface area (Å²) >= 11 is 0. The van der Waals surface area contributed by atoms with Gasteiger partial charge in [-0.25, -0.2) is 15.0 Å². The molecule has 3 heterocycles. The Hall–Kier alpha value is -3.21. The molecule has 3 aromatic rings. The van der Waals surface area contributed by atoms with Crippen LogP contribution in [0, 0.1) is 0 Å². The van der Waals surface area contributed by atoms with E-state index in [2.05, 4.69) is 15.0 Å². The van der Waals surface area contributed by atoms with Gasteiger partial charge in [-0.1, -0.05) is 12.1 Å². The van der Waals surface area contributed by atoms with E-state index in [-0.39, 0.29) is 24.1 Å². The van der Waals surface area contributed by atoms with Crippen molar-refractivity contribution in [3.8, 4) is 0 Å². The van der Waals surface area contributed by atoms with Crippen molar-refractivity contribution in [2.24, 2.45) is 0 Å². The maximum absolute atomic E-state index is 13.5. The van der Waals surface area contributed by atoms with E-state index < -0.39 is 30.1 Å².